The highest BCUT2D eigenvalue weighted by atomic mass is 32.2. The van der Waals surface area contributed by atoms with Crippen LogP contribution in [0.5, 0.6) is 0 Å². The van der Waals surface area contributed by atoms with Gasteiger partial charge in [0.1, 0.15) is 0 Å². The molecule has 11 heavy (non-hydrogen) atoms. The van der Waals surface area contributed by atoms with E-state index < -0.39 is 5.97 Å². The lowest BCUT2D eigenvalue weighted by Gasteiger charge is -2.07. The van der Waals surface area contributed by atoms with Crippen molar-refractivity contribution >= 4 is 16.9 Å². The third-order valence-electron chi connectivity index (χ3n) is 1.66. The maximum Gasteiger partial charge on any atom is 0.356 e. The van der Waals surface area contributed by atoms with E-state index >= 15 is 0 Å². The Kier molecular flexibility index (Phi) is 5.38. The summed E-state index contributed by atoms with van der Waals surface area (Å²) in [4.78, 5) is 10.7. The van der Waals surface area contributed by atoms with Crippen LogP contribution in [0.15, 0.2) is 0 Å². The van der Waals surface area contributed by atoms with E-state index in [1.807, 2.05) is 12.5 Å². The van der Waals surface area contributed by atoms with Gasteiger partial charge in [-0.1, -0.05) is 13.3 Å². The first kappa shape index (κ1) is 10.8. The molecule has 0 aromatic heterocycles. The number of carboxylic acid groups (broad SMARTS) is 1. The molecule has 0 saturated carbocycles. The van der Waals surface area contributed by atoms with Crippen LogP contribution in [0, 0.1) is 0 Å². The molecule has 0 rings (SSSR count). The molecule has 0 aliphatic carbocycles. The van der Waals surface area contributed by atoms with Gasteiger partial charge in [-0.2, -0.15) is 0 Å². The minimum Gasteiger partial charge on any atom is -0.478 e. The Morgan fingerprint density at radius 3 is 2.36 bits per heavy atom. The number of aliphatic carboxylic acids is 1. The molecule has 0 fully saturated rings. The Balaban J connectivity index is 3.80. The molecule has 0 heterocycles. The Morgan fingerprint density at radius 2 is 2.09 bits per heavy atom. The monoisotopic (exact) mass is 177 g/mol. The Labute approximate surface area is 71.3 Å². The van der Waals surface area contributed by atoms with Gasteiger partial charge in [0.25, 0.3) is 0 Å². The molecule has 1 N–H and O–H groups in total. The summed E-state index contributed by atoms with van der Waals surface area (Å²) in [7, 11) is 0.0155. The average molecular weight is 177 g/mol. The van der Waals surface area contributed by atoms with Gasteiger partial charge in [-0.3, -0.25) is 0 Å². The molecule has 0 aliphatic heterocycles. The van der Waals surface area contributed by atoms with Gasteiger partial charge >= 0.3 is 5.97 Å². The highest BCUT2D eigenvalue weighted by Gasteiger charge is 2.28. The largest absolute Gasteiger partial charge is 0.478 e. The summed E-state index contributed by atoms with van der Waals surface area (Å²) in [6.07, 6.45) is 6.94. The number of rotatable bonds is 5. The van der Waals surface area contributed by atoms with Crippen molar-refractivity contribution in [2.24, 2.45) is 0 Å². The SMILES string of the molecule is CCCCC(C(=O)O)[S+](C)C. The van der Waals surface area contributed by atoms with E-state index in [0.717, 1.165) is 19.3 Å². The number of hydrogen-bond acceptors (Lipinski definition) is 1. The molecule has 0 radical (unpaired) electrons. The number of carboxylic acids is 1. The van der Waals surface area contributed by atoms with Gasteiger partial charge in [-0.05, 0) is 17.3 Å². The van der Waals surface area contributed by atoms with Crippen molar-refractivity contribution in [2.45, 2.75) is 31.4 Å². The first-order valence-electron chi connectivity index (χ1n) is 3.88. The van der Waals surface area contributed by atoms with E-state index in [0.29, 0.717) is 0 Å². The van der Waals surface area contributed by atoms with Crippen molar-refractivity contribution in [1.29, 1.82) is 0 Å². The quantitative estimate of drug-likeness (QED) is 0.646. The Morgan fingerprint density at radius 1 is 1.55 bits per heavy atom. The molecular formula is C8H17O2S+. The predicted molar refractivity (Wildman–Crippen MR) is 50.2 cm³/mol. The lowest BCUT2D eigenvalue weighted by molar-refractivity contribution is -0.136. The van der Waals surface area contributed by atoms with E-state index in [1.165, 1.54) is 0 Å². The third kappa shape index (κ3) is 4.30. The van der Waals surface area contributed by atoms with Gasteiger partial charge in [0.2, 0.25) is 5.25 Å². The highest BCUT2D eigenvalue weighted by Crippen LogP contribution is 2.09. The van der Waals surface area contributed by atoms with E-state index in [2.05, 4.69) is 6.92 Å². The van der Waals surface area contributed by atoms with Crippen molar-refractivity contribution in [3.05, 3.63) is 0 Å². The zero-order valence-corrected chi connectivity index (χ0v) is 8.28. The molecule has 3 heteroatoms. The molecule has 0 aromatic rings. The van der Waals surface area contributed by atoms with Gasteiger partial charge in [0.15, 0.2) is 0 Å². The molecule has 66 valence electrons. The molecule has 2 nitrogen and oxygen atoms in total. The fourth-order valence-corrected chi connectivity index (χ4v) is 1.99. The van der Waals surface area contributed by atoms with Crippen molar-refractivity contribution in [2.75, 3.05) is 12.5 Å². The molecule has 0 amide bonds. The van der Waals surface area contributed by atoms with Crippen LogP contribution in [0.25, 0.3) is 0 Å². The average Bonchev–Trinajstić information content (AvgIpc) is 1.87. The molecule has 0 aromatic carbocycles. The van der Waals surface area contributed by atoms with Crippen LogP contribution in [-0.4, -0.2) is 28.8 Å². The Hall–Kier alpha value is -0.180. The van der Waals surface area contributed by atoms with Gasteiger partial charge in [-0.25, -0.2) is 4.79 Å². The van der Waals surface area contributed by atoms with Crippen molar-refractivity contribution < 1.29 is 9.90 Å². The van der Waals surface area contributed by atoms with Crippen LogP contribution in [-0.2, 0) is 15.7 Å². The Bertz CT molecular complexity index is 123. The molecule has 0 spiro atoms. The fourth-order valence-electron chi connectivity index (χ4n) is 0.950. The standard InChI is InChI=1S/C8H16O2S/c1-4-5-6-7(8(9)10)11(2)3/h7H,4-6H2,1-3H3/p+1. The molecule has 1 unspecified atom stereocenters. The molecule has 0 bridgehead atoms. The van der Waals surface area contributed by atoms with Gasteiger partial charge in [-0.15, -0.1) is 0 Å². The topological polar surface area (TPSA) is 37.3 Å². The highest BCUT2D eigenvalue weighted by molar-refractivity contribution is 7.96. The van der Waals surface area contributed by atoms with Gasteiger partial charge in [0, 0.05) is 6.42 Å². The van der Waals surface area contributed by atoms with E-state index in [4.69, 9.17) is 5.11 Å². The zero-order valence-electron chi connectivity index (χ0n) is 7.46. The summed E-state index contributed by atoms with van der Waals surface area (Å²) in [5, 5.41) is 8.66. The van der Waals surface area contributed by atoms with Crippen LogP contribution in [0.4, 0.5) is 0 Å². The van der Waals surface area contributed by atoms with Gasteiger partial charge in [0.05, 0.1) is 12.5 Å². The van der Waals surface area contributed by atoms with Crippen LogP contribution in [0.2, 0.25) is 0 Å². The van der Waals surface area contributed by atoms with Crippen LogP contribution in [0.3, 0.4) is 0 Å². The lowest BCUT2D eigenvalue weighted by atomic mass is 10.2. The van der Waals surface area contributed by atoms with Crippen molar-refractivity contribution in [1.82, 2.24) is 0 Å². The fraction of sp³-hybridized carbons (Fsp3) is 0.875. The zero-order chi connectivity index (χ0) is 8.85. The first-order valence-corrected chi connectivity index (χ1v) is 5.99. The first-order chi connectivity index (χ1) is 5.09. The summed E-state index contributed by atoms with van der Waals surface area (Å²) in [5.74, 6) is -0.633. The maximum absolute atomic E-state index is 10.7. The smallest absolute Gasteiger partial charge is 0.356 e. The maximum atomic E-state index is 10.7. The second kappa shape index (κ2) is 5.47. The second-order valence-corrected chi connectivity index (χ2v) is 5.18. The van der Waals surface area contributed by atoms with E-state index in [1.54, 1.807) is 0 Å². The molecule has 1 atom stereocenters. The summed E-state index contributed by atoms with van der Waals surface area (Å²) in [6, 6.07) is 0. The minimum atomic E-state index is -0.633. The number of carbonyl (C=O) groups is 1. The lowest BCUT2D eigenvalue weighted by Crippen LogP contribution is -2.28. The van der Waals surface area contributed by atoms with Crippen LogP contribution < -0.4 is 0 Å². The summed E-state index contributed by atoms with van der Waals surface area (Å²) in [5.41, 5.74) is 0. The van der Waals surface area contributed by atoms with Crippen molar-refractivity contribution in [3.63, 3.8) is 0 Å². The third-order valence-corrected chi connectivity index (χ3v) is 3.24. The van der Waals surface area contributed by atoms with Gasteiger partial charge < -0.3 is 5.11 Å². The minimum absolute atomic E-state index is 0.0155. The number of unbranched alkanes of at least 4 members (excludes halogenated alkanes) is 1. The molecule has 0 saturated heterocycles. The number of hydrogen-bond donors (Lipinski definition) is 1. The predicted octanol–water partition coefficient (Wildman–Crippen LogP) is 1.51. The van der Waals surface area contributed by atoms with Crippen LogP contribution >= 0.6 is 0 Å². The van der Waals surface area contributed by atoms with E-state index in [-0.39, 0.29) is 16.1 Å². The van der Waals surface area contributed by atoms with E-state index in [9.17, 15) is 4.79 Å². The molecular weight excluding hydrogens is 160 g/mol. The second-order valence-electron chi connectivity index (χ2n) is 2.85. The normalized spacial score (nSPS) is 13.5. The molecule has 0 aliphatic rings. The summed E-state index contributed by atoms with van der Waals surface area (Å²) >= 11 is 0. The summed E-state index contributed by atoms with van der Waals surface area (Å²) < 4.78 is 0. The van der Waals surface area contributed by atoms with Crippen LogP contribution in [0.1, 0.15) is 26.2 Å². The summed E-state index contributed by atoms with van der Waals surface area (Å²) in [6.45, 7) is 2.09. The van der Waals surface area contributed by atoms with Crippen molar-refractivity contribution in [3.8, 4) is 0 Å².